The summed E-state index contributed by atoms with van der Waals surface area (Å²) < 4.78 is 12.4. The number of aromatic nitrogens is 2. The molecule has 1 aliphatic rings. The van der Waals surface area contributed by atoms with Crippen LogP contribution in [0.15, 0.2) is 36.7 Å². The van der Waals surface area contributed by atoms with Crippen LogP contribution >= 0.6 is 0 Å². The molecule has 3 rings (SSSR count). The van der Waals surface area contributed by atoms with Crippen LogP contribution in [0.5, 0.6) is 11.5 Å². The Morgan fingerprint density at radius 2 is 2.04 bits per heavy atom. The molecule has 1 fully saturated rings. The zero-order valence-electron chi connectivity index (χ0n) is 15.3. The minimum Gasteiger partial charge on any atom is -0.493 e. The van der Waals surface area contributed by atoms with Crippen molar-refractivity contribution < 1.29 is 14.3 Å². The molecule has 0 bridgehead atoms. The number of ether oxygens (including phenoxy) is 2. The average molecular weight is 358 g/mol. The van der Waals surface area contributed by atoms with Crippen molar-refractivity contribution in [1.82, 2.24) is 20.4 Å². The molecule has 7 nitrogen and oxygen atoms in total. The smallest absolute Gasteiger partial charge is 0.248 e. The van der Waals surface area contributed by atoms with Crippen molar-refractivity contribution in [2.45, 2.75) is 24.8 Å². The van der Waals surface area contributed by atoms with Crippen molar-refractivity contribution in [3.63, 3.8) is 0 Å². The summed E-state index contributed by atoms with van der Waals surface area (Å²) in [5.41, 5.74) is 0.480. The molecule has 0 atom stereocenters. The first-order valence-electron chi connectivity index (χ1n) is 8.89. The topological polar surface area (TPSA) is 77.4 Å². The van der Waals surface area contributed by atoms with Gasteiger partial charge in [0.15, 0.2) is 11.5 Å². The van der Waals surface area contributed by atoms with Gasteiger partial charge in [-0.2, -0.15) is 5.10 Å². The lowest BCUT2D eigenvalue weighted by Gasteiger charge is -2.36. The van der Waals surface area contributed by atoms with Crippen molar-refractivity contribution >= 4 is 5.91 Å². The second-order valence-corrected chi connectivity index (χ2v) is 6.43. The summed E-state index contributed by atoms with van der Waals surface area (Å²) in [6.45, 7) is 2.18. The molecule has 1 aliphatic heterocycles. The molecule has 1 saturated heterocycles. The van der Waals surface area contributed by atoms with E-state index in [0.29, 0.717) is 18.0 Å². The lowest BCUT2D eigenvalue weighted by Crippen LogP contribution is -2.54. The van der Waals surface area contributed by atoms with Gasteiger partial charge in [0.25, 0.3) is 0 Å². The summed E-state index contributed by atoms with van der Waals surface area (Å²) in [5, 5.41) is 10.8. The van der Waals surface area contributed by atoms with Crippen LogP contribution in [-0.2, 0) is 16.8 Å². The third-order valence-corrected chi connectivity index (χ3v) is 4.94. The fourth-order valence-electron chi connectivity index (χ4n) is 3.44. The summed E-state index contributed by atoms with van der Waals surface area (Å²) in [6.07, 6.45) is 5.78. The van der Waals surface area contributed by atoms with Crippen molar-refractivity contribution in [3.05, 3.63) is 42.2 Å². The summed E-state index contributed by atoms with van der Waals surface area (Å²) in [5.74, 6) is 1.43. The molecule has 140 valence electrons. The Balaban J connectivity index is 1.64. The lowest BCUT2D eigenvalue weighted by atomic mass is 9.87. The molecule has 0 unspecified atom stereocenters. The normalized spacial score (nSPS) is 16.1. The van der Waals surface area contributed by atoms with Crippen LogP contribution in [-0.4, -0.2) is 49.5 Å². The van der Waals surface area contributed by atoms with E-state index < -0.39 is 5.54 Å². The Morgan fingerprint density at radius 3 is 2.69 bits per heavy atom. The second-order valence-electron chi connectivity index (χ2n) is 6.43. The van der Waals surface area contributed by atoms with Crippen molar-refractivity contribution in [1.29, 1.82) is 0 Å². The summed E-state index contributed by atoms with van der Waals surface area (Å²) in [4.78, 5) is 13.0. The van der Waals surface area contributed by atoms with Crippen LogP contribution in [0, 0.1) is 0 Å². The first-order chi connectivity index (χ1) is 12.7. The van der Waals surface area contributed by atoms with Crippen molar-refractivity contribution in [2.75, 3.05) is 33.9 Å². The Labute approximate surface area is 153 Å². The van der Waals surface area contributed by atoms with Gasteiger partial charge in [-0.15, -0.1) is 0 Å². The molecule has 0 spiro atoms. The molecule has 0 aliphatic carbocycles. The summed E-state index contributed by atoms with van der Waals surface area (Å²) >= 11 is 0. The second kappa shape index (κ2) is 8.23. The Kier molecular flexibility index (Phi) is 5.78. The standard InChI is InChI=1S/C19H26N4O3/c1-25-16-5-4-15(14-17(16)26-2)6-10-21-18(24)19(7-11-20-12-8-19)23-13-3-9-22-23/h3-5,9,13-14,20H,6-8,10-12H2,1-2H3,(H,21,24). The Bertz CT molecular complexity index is 724. The minimum absolute atomic E-state index is 0.0307. The molecule has 0 saturated carbocycles. The number of carbonyl (C=O) groups excluding carboxylic acids is 1. The summed E-state index contributed by atoms with van der Waals surface area (Å²) in [7, 11) is 3.24. The molecular weight excluding hydrogens is 332 g/mol. The molecule has 1 aromatic heterocycles. The first kappa shape index (κ1) is 18.3. The molecule has 1 amide bonds. The molecule has 2 heterocycles. The number of nitrogens with one attached hydrogen (secondary N) is 2. The predicted molar refractivity (Wildman–Crippen MR) is 98.6 cm³/mol. The maximum Gasteiger partial charge on any atom is 0.248 e. The minimum atomic E-state index is -0.605. The number of carbonyl (C=O) groups is 1. The number of benzene rings is 1. The Hall–Kier alpha value is -2.54. The van der Waals surface area contributed by atoms with E-state index in [9.17, 15) is 4.79 Å². The average Bonchev–Trinajstić information content (AvgIpc) is 3.23. The molecule has 0 radical (unpaired) electrons. The quantitative estimate of drug-likeness (QED) is 0.781. The number of hydrogen-bond donors (Lipinski definition) is 2. The highest BCUT2D eigenvalue weighted by Gasteiger charge is 2.41. The van der Waals surface area contributed by atoms with E-state index in [-0.39, 0.29) is 5.91 Å². The number of nitrogens with zero attached hydrogens (tertiary/aromatic N) is 2. The van der Waals surface area contributed by atoms with Gasteiger partial charge < -0.3 is 20.1 Å². The van der Waals surface area contributed by atoms with Gasteiger partial charge in [-0.1, -0.05) is 6.07 Å². The third kappa shape index (κ3) is 3.67. The monoisotopic (exact) mass is 358 g/mol. The third-order valence-electron chi connectivity index (χ3n) is 4.94. The van der Waals surface area contributed by atoms with Gasteiger partial charge in [0.05, 0.1) is 14.2 Å². The highest BCUT2D eigenvalue weighted by atomic mass is 16.5. The highest BCUT2D eigenvalue weighted by molar-refractivity contribution is 5.84. The van der Waals surface area contributed by atoms with Crippen molar-refractivity contribution in [3.8, 4) is 11.5 Å². The van der Waals surface area contributed by atoms with Crippen molar-refractivity contribution in [2.24, 2.45) is 0 Å². The fraction of sp³-hybridized carbons (Fsp3) is 0.474. The molecule has 7 heteroatoms. The zero-order valence-corrected chi connectivity index (χ0v) is 15.3. The maximum absolute atomic E-state index is 13.0. The van der Waals surface area contributed by atoms with E-state index in [1.807, 2.05) is 30.5 Å². The number of piperidine rings is 1. The highest BCUT2D eigenvalue weighted by Crippen LogP contribution is 2.28. The SMILES string of the molecule is COc1ccc(CCNC(=O)C2(n3cccn3)CCNCC2)cc1OC. The largest absolute Gasteiger partial charge is 0.493 e. The van der Waals surface area contributed by atoms with Gasteiger partial charge in [-0.3, -0.25) is 9.48 Å². The number of methoxy groups -OCH3 is 2. The van der Waals surface area contributed by atoms with Gasteiger partial charge in [-0.25, -0.2) is 0 Å². The molecule has 26 heavy (non-hydrogen) atoms. The predicted octanol–water partition coefficient (Wildman–Crippen LogP) is 1.34. The van der Waals surface area contributed by atoms with E-state index in [0.717, 1.165) is 37.9 Å². The molecule has 2 N–H and O–H groups in total. The van der Waals surface area contributed by atoms with Gasteiger partial charge >= 0.3 is 0 Å². The van der Waals surface area contributed by atoms with E-state index >= 15 is 0 Å². The van der Waals surface area contributed by atoms with E-state index in [4.69, 9.17) is 9.47 Å². The van der Waals surface area contributed by atoms with E-state index in [2.05, 4.69) is 15.7 Å². The molecule has 2 aromatic rings. The molecule has 1 aromatic carbocycles. The zero-order chi connectivity index (χ0) is 18.4. The Morgan fingerprint density at radius 1 is 1.27 bits per heavy atom. The fourth-order valence-corrected chi connectivity index (χ4v) is 3.44. The van der Waals surface area contributed by atoms with Crippen LogP contribution in [0.3, 0.4) is 0 Å². The van der Waals surface area contributed by atoms with Gasteiger partial charge in [0.1, 0.15) is 5.54 Å². The van der Waals surface area contributed by atoms with Crippen LogP contribution in [0.4, 0.5) is 0 Å². The van der Waals surface area contributed by atoms with E-state index in [1.165, 1.54) is 0 Å². The maximum atomic E-state index is 13.0. The molecular formula is C19H26N4O3. The van der Waals surface area contributed by atoms with Gasteiger partial charge in [-0.05, 0) is 56.1 Å². The van der Waals surface area contributed by atoms with Gasteiger partial charge in [0, 0.05) is 18.9 Å². The van der Waals surface area contributed by atoms with Gasteiger partial charge in [0.2, 0.25) is 5.91 Å². The number of amides is 1. The van der Waals surface area contributed by atoms with Crippen LogP contribution in [0.2, 0.25) is 0 Å². The number of hydrogen-bond acceptors (Lipinski definition) is 5. The number of rotatable bonds is 7. The van der Waals surface area contributed by atoms with E-state index in [1.54, 1.807) is 25.1 Å². The van der Waals surface area contributed by atoms with Crippen LogP contribution in [0.1, 0.15) is 18.4 Å². The first-order valence-corrected chi connectivity index (χ1v) is 8.89. The summed E-state index contributed by atoms with van der Waals surface area (Å²) in [6, 6.07) is 7.68. The van der Waals surface area contributed by atoms with Crippen LogP contribution < -0.4 is 20.1 Å². The lowest BCUT2D eigenvalue weighted by molar-refractivity contribution is -0.131. The van der Waals surface area contributed by atoms with Crippen LogP contribution in [0.25, 0.3) is 0 Å².